The standard InChI is InChI=1S/C27H24ClN3O4S/c1-4-14-30-19-13-9-7-11-17(19)21(24(30)32)23-25(33)31-22(16-10-6-8-12-18(16)28)20(26(34)35-5-2)15(3)29-27(31)36-23/h6-13,22H,4-5,14H2,1-3H3/b23-21-/t22-/m1/s1. The Kier molecular flexibility index (Phi) is 6.40. The number of hydrogen-bond acceptors (Lipinski definition) is 6. The van der Waals surface area contributed by atoms with Crippen molar-refractivity contribution in [1.29, 1.82) is 0 Å². The lowest BCUT2D eigenvalue weighted by atomic mass is 9.96. The lowest BCUT2D eigenvalue weighted by Crippen LogP contribution is -2.41. The first-order chi connectivity index (χ1) is 17.4. The van der Waals surface area contributed by atoms with E-state index in [2.05, 4.69) is 4.99 Å². The van der Waals surface area contributed by atoms with Crippen LogP contribution < -0.4 is 19.8 Å². The molecule has 1 amide bonds. The van der Waals surface area contributed by atoms with Crippen molar-refractivity contribution in [3.05, 3.63) is 95.6 Å². The van der Waals surface area contributed by atoms with E-state index < -0.39 is 17.6 Å². The van der Waals surface area contributed by atoms with Gasteiger partial charge in [0.2, 0.25) is 0 Å². The van der Waals surface area contributed by atoms with E-state index in [1.807, 2.05) is 31.2 Å². The van der Waals surface area contributed by atoms with Gasteiger partial charge in [-0.05, 0) is 38.0 Å². The number of thiazole rings is 1. The third kappa shape index (κ3) is 3.72. The van der Waals surface area contributed by atoms with E-state index in [4.69, 9.17) is 16.3 Å². The van der Waals surface area contributed by atoms with Crippen molar-refractivity contribution in [1.82, 2.24) is 4.57 Å². The summed E-state index contributed by atoms with van der Waals surface area (Å²) in [5.74, 6) is -0.767. The molecule has 0 bridgehead atoms. The average molecular weight is 522 g/mol. The molecule has 0 aliphatic carbocycles. The molecule has 2 aliphatic heterocycles. The maximum absolute atomic E-state index is 14.1. The molecule has 0 N–H and O–H groups in total. The summed E-state index contributed by atoms with van der Waals surface area (Å²) in [6.45, 7) is 6.17. The molecule has 5 rings (SSSR count). The second-order valence-electron chi connectivity index (χ2n) is 8.49. The van der Waals surface area contributed by atoms with Gasteiger partial charge in [0.25, 0.3) is 11.5 Å². The SMILES string of the molecule is CCCN1C(=O)/C(=c2\sc3n(c2=O)[C@H](c2ccccc2Cl)C(C(=O)OCC)=C(C)N=3)c2ccccc21. The Morgan fingerprint density at radius 3 is 2.56 bits per heavy atom. The molecule has 184 valence electrons. The van der Waals surface area contributed by atoms with Crippen LogP contribution >= 0.6 is 22.9 Å². The Balaban J connectivity index is 1.83. The minimum atomic E-state index is -0.832. The van der Waals surface area contributed by atoms with Gasteiger partial charge in [-0.1, -0.05) is 66.3 Å². The second kappa shape index (κ2) is 9.52. The molecular formula is C27H24ClN3O4S. The number of esters is 1. The van der Waals surface area contributed by atoms with Crippen molar-refractivity contribution >= 4 is 46.1 Å². The van der Waals surface area contributed by atoms with Crippen LogP contribution in [0.4, 0.5) is 5.69 Å². The van der Waals surface area contributed by atoms with E-state index >= 15 is 0 Å². The van der Waals surface area contributed by atoms with Crippen molar-refractivity contribution in [2.75, 3.05) is 18.1 Å². The number of para-hydroxylation sites is 1. The first kappa shape index (κ1) is 24.2. The van der Waals surface area contributed by atoms with Crippen molar-refractivity contribution in [2.24, 2.45) is 4.99 Å². The Hall–Kier alpha value is -3.49. The number of amides is 1. The molecule has 7 nitrogen and oxygen atoms in total. The number of hydrogen-bond donors (Lipinski definition) is 0. The molecule has 2 aromatic carbocycles. The number of nitrogens with zero attached hydrogens (tertiary/aromatic N) is 3. The Morgan fingerprint density at radius 1 is 1.11 bits per heavy atom. The molecular weight excluding hydrogens is 498 g/mol. The zero-order chi connectivity index (χ0) is 25.6. The molecule has 0 spiro atoms. The monoisotopic (exact) mass is 521 g/mol. The highest BCUT2D eigenvalue weighted by Gasteiger charge is 2.37. The number of allylic oxidation sites excluding steroid dienone is 1. The van der Waals surface area contributed by atoms with E-state index in [9.17, 15) is 14.4 Å². The van der Waals surface area contributed by atoms with Crippen LogP contribution in [0.3, 0.4) is 0 Å². The smallest absolute Gasteiger partial charge is 0.338 e. The number of fused-ring (bicyclic) bond motifs is 2. The van der Waals surface area contributed by atoms with Gasteiger partial charge in [-0.2, -0.15) is 0 Å². The highest BCUT2D eigenvalue weighted by atomic mass is 35.5. The topological polar surface area (TPSA) is 81.0 Å². The molecule has 0 saturated heterocycles. The number of anilines is 1. The lowest BCUT2D eigenvalue weighted by Gasteiger charge is -2.25. The largest absolute Gasteiger partial charge is 0.463 e. The third-order valence-corrected chi connectivity index (χ3v) is 7.69. The molecule has 2 aliphatic rings. The quantitative estimate of drug-likeness (QED) is 0.481. The van der Waals surface area contributed by atoms with Gasteiger partial charge in [0.1, 0.15) is 10.6 Å². The zero-order valence-corrected chi connectivity index (χ0v) is 21.7. The van der Waals surface area contributed by atoms with Crippen molar-refractivity contribution in [3.8, 4) is 0 Å². The van der Waals surface area contributed by atoms with Crippen LogP contribution in [0.1, 0.15) is 44.4 Å². The summed E-state index contributed by atoms with van der Waals surface area (Å²) in [6, 6.07) is 13.7. The molecule has 1 atom stereocenters. The molecule has 0 radical (unpaired) electrons. The lowest BCUT2D eigenvalue weighted by molar-refractivity contribution is -0.139. The van der Waals surface area contributed by atoms with Crippen LogP contribution in [0.15, 0.2) is 69.6 Å². The average Bonchev–Trinajstić information content (AvgIpc) is 3.32. The first-order valence-corrected chi connectivity index (χ1v) is 13.0. The molecule has 3 aromatic rings. The Morgan fingerprint density at radius 2 is 1.83 bits per heavy atom. The summed E-state index contributed by atoms with van der Waals surface area (Å²) in [6.07, 6.45) is 0.781. The maximum Gasteiger partial charge on any atom is 0.338 e. The highest BCUT2D eigenvalue weighted by molar-refractivity contribution is 7.07. The second-order valence-corrected chi connectivity index (χ2v) is 9.88. The molecule has 3 heterocycles. The summed E-state index contributed by atoms with van der Waals surface area (Å²) in [5, 5.41) is 0.411. The number of aromatic nitrogens is 1. The number of carbonyl (C=O) groups is 2. The van der Waals surface area contributed by atoms with Crippen LogP contribution in [0.5, 0.6) is 0 Å². The highest BCUT2D eigenvalue weighted by Crippen LogP contribution is 2.36. The predicted octanol–water partition coefficient (Wildman–Crippen LogP) is 3.58. The van der Waals surface area contributed by atoms with Gasteiger partial charge in [0.05, 0.1) is 29.1 Å². The fraction of sp³-hybridized carbons (Fsp3) is 0.259. The van der Waals surface area contributed by atoms with Crippen LogP contribution in [-0.4, -0.2) is 29.6 Å². The predicted molar refractivity (Wildman–Crippen MR) is 140 cm³/mol. The van der Waals surface area contributed by atoms with Gasteiger partial charge in [0, 0.05) is 17.1 Å². The molecule has 0 unspecified atom stereocenters. The minimum Gasteiger partial charge on any atom is -0.463 e. The van der Waals surface area contributed by atoms with Crippen molar-refractivity contribution in [3.63, 3.8) is 0 Å². The number of carbonyl (C=O) groups excluding carboxylic acids is 2. The molecule has 36 heavy (non-hydrogen) atoms. The number of ether oxygens (including phenoxy) is 1. The fourth-order valence-electron chi connectivity index (χ4n) is 4.78. The van der Waals surface area contributed by atoms with E-state index in [1.54, 1.807) is 43.0 Å². The molecule has 0 fully saturated rings. The number of halogens is 1. The molecule has 9 heteroatoms. The summed E-state index contributed by atoms with van der Waals surface area (Å²) in [4.78, 5) is 47.4. The summed E-state index contributed by atoms with van der Waals surface area (Å²) >= 11 is 7.72. The third-order valence-electron chi connectivity index (χ3n) is 6.29. The number of rotatable bonds is 5. The normalized spacial score (nSPS) is 18.2. The van der Waals surface area contributed by atoms with E-state index in [1.165, 1.54) is 4.57 Å². The summed E-state index contributed by atoms with van der Waals surface area (Å²) in [5.41, 5.74) is 2.75. The van der Waals surface area contributed by atoms with Gasteiger partial charge < -0.3 is 9.64 Å². The van der Waals surface area contributed by atoms with Crippen LogP contribution in [-0.2, 0) is 14.3 Å². The fourth-order valence-corrected chi connectivity index (χ4v) is 6.15. The van der Waals surface area contributed by atoms with E-state index in [0.717, 1.165) is 29.0 Å². The van der Waals surface area contributed by atoms with Gasteiger partial charge in [-0.3, -0.25) is 14.2 Å². The van der Waals surface area contributed by atoms with E-state index in [0.29, 0.717) is 37.7 Å². The van der Waals surface area contributed by atoms with Gasteiger partial charge >= 0.3 is 5.97 Å². The summed E-state index contributed by atoms with van der Waals surface area (Å²) in [7, 11) is 0. The van der Waals surface area contributed by atoms with Crippen molar-refractivity contribution in [2.45, 2.75) is 33.2 Å². The van der Waals surface area contributed by atoms with Crippen LogP contribution in [0.2, 0.25) is 5.02 Å². The van der Waals surface area contributed by atoms with Crippen molar-refractivity contribution < 1.29 is 14.3 Å². The van der Waals surface area contributed by atoms with E-state index in [-0.39, 0.29) is 18.1 Å². The molecule has 1 aromatic heterocycles. The molecule has 0 saturated carbocycles. The van der Waals surface area contributed by atoms with Gasteiger partial charge in [0.15, 0.2) is 4.80 Å². The van der Waals surface area contributed by atoms with Crippen LogP contribution in [0, 0.1) is 0 Å². The van der Waals surface area contributed by atoms with Crippen LogP contribution in [0.25, 0.3) is 5.57 Å². The zero-order valence-electron chi connectivity index (χ0n) is 20.1. The first-order valence-electron chi connectivity index (χ1n) is 11.8. The Labute approximate surface area is 216 Å². The number of benzene rings is 2. The maximum atomic E-state index is 14.1. The van der Waals surface area contributed by atoms with Gasteiger partial charge in [-0.15, -0.1) is 0 Å². The Bertz CT molecular complexity index is 1620. The summed E-state index contributed by atoms with van der Waals surface area (Å²) < 4.78 is 7.09. The minimum absolute atomic E-state index is 0.179. The van der Waals surface area contributed by atoms with Gasteiger partial charge in [-0.25, -0.2) is 9.79 Å².